The molecule has 0 aromatic heterocycles. The van der Waals surface area contributed by atoms with E-state index >= 15 is 0 Å². The number of nitrogens with one attached hydrogen (secondary N) is 1. The van der Waals surface area contributed by atoms with Gasteiger partial charge in [0.25, 0.3) is 0 Å². The highest BCUT2D eigenvalue weighted by atomic mass is 14.9. The second kappa shape index (κ2) is 6.70. The highest BCUT2D eigenvalue weighted by molar-refractivity contribution is 5.26. The van der Waals surface area contributed by atoms with Gasteiger partial charge in [-0.3, -0.25) is 0 Å². The van der Waals surface area contributed by atoms with Crippen molar-refractivity contribution in [2.75, 3.05) is 0 Å². The molecule has 0 aliphatic carbocycles. The Morgan fingerprint density at radius 3 is 2.19 bits per heavy atom. The van der Waals surface area contributed by atoms with E-state index in [4.69, 9.17) is 0 Å². The van der Waals surface area contributed by atoms with Gasteiger partial charge in [-0.25, -0.2) is 0 Å². The summed E-state index contributed by atoms with van der Waals surface area (Å²) in [5, 5.41) is 3.66. The average Bonchev–Trinajstić information content (AvgIpc) is 2.30. The number of rotatable bonds is 6. The number of aryl methyl sites for hydroxylation is 1. The van der Waals surface area contributed by atoms with Crippen molar-refractivity contribution in [3.05, 3.63) is 35.4 Å². The summed E-state index contributed by atoms with van der Waals surface area (Å²) in [6.45, 7) is 10.0. The van der Waals surface area contributed by atoms with Gasteiger partial charge in [0, 0.05) is 12.6 Å². The molecule has 1 atom stereocenters. The standard InChI is InChI=1S/C15H25N/c1-5-13-9-7-8-10-14(13)11-16-15(6-2)12(3)4/h7-10,12,15-16H,5-6,11H2,1-4H3. The maximum Gasteiger partial charge on any atom is 0.0210 e. The van der Waals surface area contributed by atoms with Gasteiger partial charge in [0.15, 0.2) is 0 Å². The maximum atomic E-state index is 3.66. The van der Waals surface area contributed by atoms with E-state index in [-0.39, 0.29) is 0 Å². The van der Waals surface area contributed by atoms with Crippen LogP contribution < -0.4 is 5.32 Å². The van der Waals surface area contributed by atoms with Crippen molar-refractivity contribution >= 4 is 0 Å². The Morgan fingerprint density at radius 1 is 1.06 bits per heavy atom. The van der Waals surface area contributed by atoms with Crippen LogP contribution in [-0.4, -0.2) is 6.04 Å². The van der Waals surface area contributed by atoms with Crippen LogP contribution in [0.4, 0.5) is 0 Å². The summed E-state index contributed by atoms with van der Waals surface area (Å²) in [7, 11) is 0. The van der Waals surface area contributed by atoms with E-state index in [0.717, 1.165) is 13.0 Å². The highest BCUT2D eigenvalue weighted by Gasteiger charge is 2.10. The smallest absolute Gasteiger partial charge is 0.0210 e. The van der Waals surface area contributed by atoms with E-state index in [2.05, 4.69) is 57.3 Å². The van der Waals surface area contributed by atoms with Crippen LogP contribution in [0.1, 0.15) is 45.2 Å². The first kappa shape index (κ1) is 13.2. The van der Waals surface area contributed by atoms with Gasteiger partial charge in [0.2, 0.25) is 0 Å². The Bertz CT molecular complexity index is 304. The van der Waals surface area contributed by atoms with Crippen molar-refractivity contribution in [2.45, 2.75) is 53.1 Å². The van der Waals surface area contributed by atoms with Crippen LogP contribution in [0.5, 0.6) is 0 Å². The Labute approximate surface area is 100 Å². The first-order valence-electron chi connectivity index (χ1n) is 6.49. The van der Waals surface area contributed by atoms with E-state index in [1.165, 1.54) is 17.5 Å². The van der Waals surface area contributed by atoms with Crippen molar-refractivity contribution in [3.8, 4) is 0 Å². The minimum Gasteiger partial charge on any atom is -0.310 e. The van der Waals surface area contributed by atoms with E-state index in [1.807, 2.05) is 0 Å². The Kier molecular flexibility index (Phi) is 5.54. The molecule has 0 radical (unpaired) electrons. The van der Waals surface area contributed by atoms with E-state index < -0.39 is 0 Å². The summed E-state index contributed by atoms with van der Waals surface area (Å²) in [5.74, 6) is 0.707. The van der Waals surface area contributed by atoms with Crippen LogP contribution in [0, 0.1) is 5.92 Å². The predicted octanol–water partition coefficient (Wildman–Crippen LogP) is 3.77. The minimum absolute atomic E-state index is 0.630. The molecule has 1 unspecified atom stereocenters. The molecule has 0 bridgehead atoms. The van der Waals surface area contributed by atoms with Gasteiger partial charge in [-0.1, -0.05) is 52.0 Å². The molecule has 1 aromatic rings. The minimum atomic E-state index is 0.630. The summed E-state index contributed by atoms with van der Waals surface area (Å²) in [6, 6.07) is 9.35. The van der Waals surface area contributed by atoms with Crippen LogP contribution >= 0.6 is 0 Å². The number of hydrogen-bond donors (Lipinski definition) is 1. The third-order valence-electron chi connectivity index (χ3n) is 3.30. The third kappa shape index (κ3) is 3.64. The summed E-state index contributed by atoms with van der Waals surface area (Å²) in [5.41, 5.74) is 2.91. The first-order valence-corrected chi connectivity index (χ1v) is 6.49. The van der Waals surface area contributed by atoms with Gasteiger partial charge >= 0.3 is 0 Å². The Balaban J connectivity index is 2.59. The van der Waals surface area contributed by atoms with Crippen LogP contribution in [0.2, 0.25) is 0 Å². The molecule has 1 aromatic carbocycles. The molecule has 0 saturated heterocycles. The van der Waals surface area contributed by atoms with Gasteiger partial charge in [-0.2, -0.15) is 0 Å². The van der Waals surface area contributed by atoms with Gasteiger partial charge in [-0.15, -0.1) is 0 Å². The molecule has 0 aliphatic heterocycles. The van der Waals surface area contributed by atoms with Crippen molar-refractivity contribution in [1.29, 1.82) is 0 Å². The van der Waals surface area contributed by atoms with Crippen LogP contribution in [0.15, 0.2) is 24.3 Å². The molecule has 16 heavy (non-hydrogen) atoms. The van der Waals surface area contributed by atoms with E-state index in [0.29, 0.717) is 12.0 Å². The third-order valence-corrected chi connectivity index (χ3v) is 3.30. The van der Waals surface area contributed by atoms with E-state index in [1.54, 1.807) is 0 Å². The van der Waals surface area contributed by atoms with Crippen LogP contribution in [0.3, 0.4) is 0 Å². The fourth-order valence-corrected chi connectivity index (χ4v) is 2.17. The molecule has 0 aliphatic rings. The zero-order valence-electron chi connectivity index (χ0n) is 11.1. The molecule has 1 N–H and O–H groups in total. The lowest BCUT2D eigenvalue weighted by Gasteiger charge is -2.21. The summed E-state index contributed by atoms with van der Waals surface area (Å²) in [6.07, 6.45) is 2.32. The molecular weight excluding hydrogens is 194 g/mol. The molecule has 0 fully saturated rings. The number of benzene rings is 1. The molecular formula is C15H25N. The lowest BCUT2D eigenvalue weighted by atomic mass is 10.0. The van der Waals surface area contributed by atoms with Gasteiger partial charge in [-0.05, 0) is 29.9 Å². The molecule has 90 valence electrons. The van der Waals surface area contributed by atoms with Crippen molar-refractivity contribution in [3.63, 3.8) is 0 Å². The molecule has 0 heterocycles. The summed E-state index contributed by atoms with van der Waals surface area (Å²) in [4.78, 5) is 0. The number of hydrogen-bond acceptors (Lipinski definition) is 1. The van der Waals surface area contributed by atoms with Crippen LogP contribution in [0.25, 0.3) is 0 Å². The first-order chi connectivity index (χ1) is 7.69. The molecule has 1 rings (SSSR count). The lowest BCUT2D eigenvalue weighted by Crippen LogP contribution is -2.32. The maximum absolute atomic E-state index is 3.66. The monoisotopic (exact) mass is 219 g/mol. The molecule has 0 amide bonds. The quantitative estimate of drug-likeness (QED) is 0.768. The van der Waals surface area contributed by atoms with Crippen molar-refractivity contribution in [2.24, 2.45) is 5.92 Å². The lowest BCUT2D eigenvalue weighted by molar-refractivity contribution is 0.387. The zero-order valence-corrected chi connectivity index (χ0v) is 11.1. The molecule has 0 saturated carbocycles. The van der Waals surface area contributed by atoms with Crippen LogP contribution in [-0.2, 0) is 13.0 Å². The zero-order chi connectivity index (χ0) is 12.0. The van der Waals surface area contributed by atoms with Gasteiger partial charge in [0.1, 0.15) is 0 Å². The molecule has 1 heteroatoms. The summed E-state index contributed by atoms with van der Waals surface area (Å²) < 4.78 is 0. The van der Waals surface area contributed by atoms with Gasteiger partial charge in [0.05, 0.1) is 0 Å². The van der Waals surface area contributed by atoms with Gasteiger partial charge < -0.3 is 5.32 Å². The topological polar surface area (TPSA) is 12.0 Å². The molecule has 1 nitrogen and oxygen atoms in total. The normalized spacial score (nSPS) is 13.1. The fourth-order valence-electron chi connectivity index (χ4n) is 2.17. The predicted molar refractivity (Wildman–Crippen MR) is 71.6 cm³/mol. The fraction of sp³-hybridized carbons (Fsp3) is 0.600. The Morgan fingerprint density at radius 2 is 1.69 bits per heavy atom. The largest absolute Gasteiger partial charge is 0.310 e. The van der Waals surface area contributed by atoms with Crippen molar-refractivity contribution in [1.82, 2.24) is 5.32 Å². The second-order valence-corrected chi connectivity index (χ2v) is 4.76. The summed E-state index contributed by atoms with van der Waals surface area (Å²) >= 11 is 0. The SMILES string of the molecule is CCc1ccccc1CNC(CC)C(C)C. The average molecular weight is 219 g/mol. The Hall–Kier alpha value is -0.820. The molecule has 0 spiro atoms. The highest BCUT2D eigenvalue weighted by Crippen LogP contribution is 2.11. The van der Waals surface area contributed by atoms with Crippen molar-refractivity contribution < 1.29 is 0 Å². The van der Waals surface area contributed by atoms with E-state index in [9.17, 15) is 0 Å². The second-order valence-electron chi connectivity index (χ2n) is 4.76.